The normalized spacial score (nSPS) is 19.7. The molecule has 1 N–H and O–H groups in total. The van der Waals surface area contributed by atoms with Crippen molar-refractivity contribution in [2.24, 2.45) is 5.10 Å². The Hall–Kier alpha value is -1.47. The van der Waals surface area contributed by atoms with Crippen LogP contribution in [0.4, 0.5) is 5.69 Å². The SMILES string of the molecule is O=C1CCOC/C1=N\Nc1c(Cl)cccc1Cl.O=C1CCOCC1. The van der Waals surface area contributed by atoms with Crippen LogP contribution >= 0.6 is 23.2 Å². The molecular weight excluding hydrogens is 355 g/mol. The first kappa shape index (κ1) is 18.9. The summed E-state index contributed by atoms with van der Waals surface area (Å²) in [7, 11) is 0. The first-order valence-corrected chi connectivity index (χ1v) is 8.30. The molecule has 6 nitrogen and oxygen atoms in total. The minimum atomic E-state index is -0.0214. The summed E-state index contributed by atoms with van der Waals surface area (Å²) in [5.74, 6) is 0.318. The maximum atomic E-state index is 11.5. The summed E-state index contributed by atoms with van der Waals surface area (Å²) >= 11 is 11.9. The van der Waals surface area contributed by atoms with Crippen molar-refractivity contribution >= 4 is 46.2 Å². The lowest BCUT2D eigenvalue weighted by atomic mass is 10.2. The third-order valence-electron chi connectivity index (χ3n) is 3.35. The van der Waals surface area contributed by atoms with Gasteiger partial charge in [0, 0.05) is 19.3 Å². The van der Waals surface area contributed by atoms with Gasteiger partial charge in [-0.25, -0.2) is 0 Å². The van der Waals surface area contributed by atoms with E-state index in [1.54, 1.807) is 18.2 Å². The molecule has 130 valence electrons. The number of ketones is 2. The molecule has 2 aliphatic heterocycles. The highest BCUT2D eigenvalue weighted by Gasteiger charge is 2.17. The van der Waals surface area contributed by atoms with E-state index < -0.39 is 0 Å². The minimum Gasteiger partial charge on any atom is -0.381 e. The lowest BCUT2D eigenvalue weighted by Crippen LogP contribution is -2.28. The fourth-order valence-electron chi connectivity index (χ4n) is 1.98. The van der Waals surface area contributed by atoms with Gasteiger partial charge in [0.1, 0.15) is 11.5 Å². The molecule has 0 radical (unpaired) electrons. The second-order valence-corrected chi connectivity index (χ2v) is 5.96. The Labute approximate surface area is 150 Å². The van der Waals surface area contributed by atoms with Gasteiger partial charge in [0.15, 0.2) is 5.78 Å². The van der Waals surface area contributed by atoms with Crippen LogP contribution in [0.15, 0.2) is 23.3 Å². The van der Waals surface area contributed by atoms with E-state index in [0.717, 1.165) is 0 Å². The average Bonchev–Trinajstić information content (AvgIpc) is 2.57. The number of nitrogens with zero attached hydrogens (tertiary/aromatic N) is 1. The second kappa shape index (κ2) is 9.74. The first-order valence-electron chi connectivity index (χ1n) is 7.55. The number of hydrazone groups is 1. The minimum absolute atomic E-state index is 0.0214. The van der Waals surface area contributed by atoms with Gasteiger partial charge >= 0.3 is 0 Å². The highest BCUT2D eigenvalue weighted by atomic mass is 35.5. The third kappa shape index (κ3) is 5.87. The molecule has 3 rings (SSSR count). The zero-order valence-corrected chi connectivity index (χ0v) is 14.5. The van der Waals surface area contributed by atoms with Crippen molar-refractivity contribution in [3.8, 4) is 0 Å². The summed E-state index contributed by atoms with van der Waals surface area (Å²) in [4.78, 5) is 21.9. The fourth-order valence-corrected chi connectivity index (χ4v) is 2.46. The molecule has 8 heteroatoms. The average molecular weight is 373 g/mol. The molecule has 2 fully saturated rings. The number of ether oxygens (including phenoxy) is 2. The van der Waals surface area contributed by atoms with Gasteiger partial charge in [-0.2, -0.15) is 5.10 Å². The maximum Gasteiger partial charge on any atom is 0.183 e. The van der Waals surface area contributed by atoms with Gasteiger partial charge in [-0.1, -0.05) is 29.3 Å². The van der Waals surface area contributed by atoms with Crippen molar-refractivity contribution in [2.75, 3.05) is 31.9 Å². The molecule has 2 saturated heterocycles. The first-order chi connectivity index (χ1) is 11.6. The summed E-state index contributed by atoms with van der Waals surface area (Å²) in [5.41, 5.74) is 3.55. The molecule has 0 atom stereocenters. The molecule has 0 bridgehead atoms. The van der Waals surface area contributed by atoms with E-state index in [1.807, 2.05) is 0 Å². The van der Waals surface area contributed by atoms with Crippen LogP contribution in [0.25, 0.3) is 0 Å². The topological polar surface area (TPSA) is 77.0 Å². The van der Waals surface area contributed by atoms with Crippen molar-refractivity contribution in [2.45, 2.75) is 19.3 Å². The predicted octanol–water partition coefficient (Wildman–Crippen LogP) is 3.12. The standard InChI is InChI=1S/C11H10Cl2N2O2.C5H8O2/c12-7-2-1-3-8(13)11(7)15-14-9-6-17-5-4-10(9)16;6-5-1-3-7-4-2-5/h1-3,15H,4-6H2;1-4H2/b14-9+;. The number of carbonyl (C=O) groups excluding carboxylic acids is 2. The summed E-state index contributed by atoms with van der Waals surface area (Å²) < 4.78 is 10.1. The Morgan fingerprint density at radius 3 is 2.12 bits per heavy atom. The predicted molar refractivity (Wildman–Crippen MR) is 93.0 cm³/mol. The monoisotopic (exact) mass is 372 g/mol. The van der Waals surface area contributed by atoms with E-state index in [-0.39, 0.29) is 12.4 Å². The molecule has 0 aliphatic carbocycles. The van der Waals surface area contributed by atoms with Crippen molar-refractivity contribution < 1.29 is 19.1 Å². The van der Waals surface area contributed by atoms with Gasteiger partial charge in [-0.3, -0.25) is 15.0 Å². The van der Waals surface area contributed by atoms with E-state index in [2.05, 4.69) is 10.5 Å². The van der Waals surface area contributed by atoms with Gasteiger partial charge in [-0.05, 0) is 12.1 Å². The number of benzene rings is 1. The largest absolute Gasteiger partial charge is 0.381 e. The maximum absolute atomic E-state index is 11.5. The molecule has 0 aromatic heterocycles. The molecule has 2 heterocycles. The number of anilines is 1. The Morgan fingerprint density at radius 2 is 1.58 bits per heavy atom. The molecule has 0 unspecified atom stereocenters. The lowest BCUT2D eigenvalue weighted by molar-refractivity contribution is -0.124. The highest BCUT2D eigenvalue weighted by Crippen LogP contribution is 2.29. The van der Waals surface area contributed by atoms with Crippen molar-refractivity contribution in [3.05, 3.63) is 28.2 Å². The number of carbonyl (C=O) groups is 2. The zero-order valence-electron chi connectivity index (χ0n) is 13.0. The van der Waals surface area contributed by atoms with Gasteiger partial charge < -0.3 is 9.47 Å². The molecular formula is C16H18Cl2N2O4. The molecule has 2 aliphatic rings. The Bertz CT molecular complexity index is 606. The quantitative estimate of drug-likeness (QED) is 0.806. The number of hydrogen-bond donors (Lipinski definition) is 1. The fraction of sp³-hybridized carbons (Fsp3) is 0.438. The van der Waals surface area contributed by atoms with Crippen LogP contribution in [0.3, 0.4) is 0 Å². The van der Waals surface area contributed by atoms with E-state index >= 15 is 0 Å². The summed E-state index contributed by atoms with van der Waals surface area (Å²) in [6.07, 6.45) is 1.61. The van der Waals surface area contributed by atoms with E-state index in [9.17, 15) is 9.59 Å². The Kier molecular flexibility index (Phi) is 7.65. The molecule has 0 spiro atoms. The van der Waals surface area contributed by atoms with E-state index in [0.29, 0.717) is 66.3 Å². The van der Waals surface area contributed by atoms with Crippen LogP contribution in [0.1, 0.15) is 19.3 Å². The van der Waals surface area contributed by atoms with E-state index in [4.69, 9.17) is 32.7 Å². The van der Waals surface area contributed by atoms with Crippen LogP contribution in [-0.2, 0) is 19.1 Å². The third-order valence-corrected chi connectivity index (χ3v) is 3.98. The van der Waals surface area contributed by atoms with Crippen LogP contribution in [-0.4, -0.2) is 43.7 Å². The number of para-hydroxylation sites is 1. The van der Waals surface area contributed by atoms with Gasteiger partial charge in [0.2, 0.25) is 0 Å². The van der Waals surface area contributed by atoms with Crippen molar-refractivity contribution in [1.82, 2.24) is 0 Å². The number of Topliss-reactive ketones (excluding diaryl/α,β-unsaturated/α-hetero) is 2. The molecule has 0 amide bonds. The van der Waals surface area contributed by atoms with Crippen LogP contribution in [0.2, 0.25) is 10.0 Å². The van der Waals surface area contributed by atoms with Crippen LogP contribution in [0, 0.1) is 0 Å². The van der Waals surface area contributed by atoms with Crippen LogP contribution in [0.5, 0.6) is 0 Å². The number of hydrogen-bond acceptors (Lipinski definition) is 6. The van der Waals surface area contributed by atoms with Crippen LogP contribution < -0.4 is 5.43 Å². The summed E-state index contributed by atoms with van der Waals surface area (Å²) in [5, 5.41) is 4.88. The molecule has 1 aromatic rings. The van der Waals surface area contributed by atoms with Crippen molar-refractivity contribution in [1.29, 1.82) is 0 Å². The molecule has 24 heavy (non-hydrogen) atoms. The zero-order chi connectivity index (χ0) is 17.4. The molecule has 1 aromatic carbocycles. The summed E-state index contributed by atoms with van der Waals surface area (Å²) in [6, 6.07) is 5.11. The van der Waals surface area contributed by atoms with Gasteiger partial charge in [0.25, 0.3) is 0 Å². The second-order valence-electron chi connectivity index (χ2n) is 5.14. The highest BCUT2D eigenvalue weighted by molar-refractivity contribution is 6.41. The number of nitrogens with one attached hydrogen (secondary N) is 1. The lowest BCUT2D eigenvalue weighted by Gasteiger charge is -2.13. The van der Waals surface area contributed by atoms with Gasteiger partial charge in [-0.15, -0.1) is 0 Å². The number of halogens is 2. The van der Waals surface area contributed by atoms with Gasteiger partial charge in [0.05, 0.1) is 42.2 Å². The number of rotatable bonds is 2. The van der Waals surface area contributed by atoms with E-state index in [1.165, 1.54) is 0 Å². The van der Waals surface area contributed by atoms with Crippen molar-refractivity contribution in [3.63, 3.8) is 0 Å². The smallest absolute Gasteiger partial charge is 0.183 e. The molecule has 0 saturated carbocycles. The Morgan fingerprint density at radius 1 is 0.958 bits per heavy atom. The Balaban J connectivity index is 0.000000249. The summed E-state index contributed by atoms with van der Waals surface area (Å²) in [6.45, 7) is 1.94.